The van der Waals surface area contributed by atoms with Crippen LogP contribution in [0.25, 0.3) is 0 Å². The van der Waals surface area contributed by atoms with Crippen molar-refractivity contribution in [1.29, 1.82) is 0 Å². The topological polar surface area (TPSA) is 24.1 Å². The minimum atomic E-state index is 0.631. The van der Waals surface area contributed by atoms with Crippen molar-refractivity contribution in [2.24, 2.45) is 0 Å². The third kappa shape index (κ3) is 2.96. The SMILES string of the molecule is CCCCc1ccc(NC2CNC2)cc1. The van der Waals surface area contributed by atoms with E-state index in [1.807, 2.05) is 0 Å². The van der Waals surface area contributed by atoms with Crippen LogP contribution in [0.3, 0.4) is 0 Å². The van der Waals surface area contributed by atoms with Gasteiger partial charge in [-0.25, -0.2) is 0 Å². The molecular formula is C13H20N2. The maximum atomic E-state index is 3.50. The summed E-state index contributed by atoms with van der Waals surface area (Å²) in [6.07, 6.45) is 3.77. The summed E-state index contributed by atoms with van der Waals surface area (Å²) in [5.41, 5.74) is 2.70. The van der Waals surface area contributed by atoms with Crippen LogP contribution in [0.4, 0.5) is 5.69 Å². The summed E-state index contributed by atoms with van der Waals surface area (Å²) in [5.74, 6) is 0. The highest BCUT2D eigenvalue weighted by molar-refractivity contribution is 5.46. The smallest absolute Gasteiger partial charge is 0.0510 e. The van der Waals surface area contributed by atoms with Crippen LogP contribution in [0.2, 0.25) is 0 Å². The van der Waals surface area contributed by atoms with Gasteiger partial charge >= 0.3 is 0 Å². The molecule has 0 atom stereocenters. The number of unbranched alkanes of at least 4 members (excludes halogenated alkanes) is 1. The van der Waals surface area contributed by atoms with Crippen molar-refractivity contribution < 1.29 is 0 Å². The lowest BCUT2D eigenvalue weighted by Gasteiger charge is -2.29. The molecule has 1 aromatic carbocycles. The third-order valence-corrected chi connectivity index (χ3v) is 2.93. The lowest BCUT2D eigenvalue weighted by Crippen LogP contribution is -2.51. The average Bonchev–Trinajstić information content (AvgIpc) is 2.22. The second-order valence-electron chi connectivity index (χ2n) is 4.30. The van der Waals surface area contributed by atoms with Gasteiger partial charge in [-0.2, -0.15) is 0 Å². The van der Waals surface area contributed by atoms with Crippen LogP contribution < -0.4 is 10.6 Å². The molecule has 0 bridgehead atoms. The van der Waals surface area contributed by atoms with Crippen LogP contribution in [0.15, 0.2) is 24.3 Å². The number of hydrogen-bond donors (Lipinski definition) is 2. The van der Waals surface area contributed by atoms with Crippen molar-refractivity contribution in [2.45, 2.75) is 32.2 Å². The predicted octanol–water partition coefficient (Wildman–Crippen LogP) is 2.41. The fourth-order valence-electron chi connectivity index (χ4n) is 1.77. The molecule has 2 N–H and O–H groups in total. The number of anilines is 1. The lowest BCUT2D eigenvalue weighted by atomic mass is 10.1. The van der Waals surface area contributed by atoms with Gasteiger partial charge in [0.25, 0.3) is 0 Å². The van der Waals surface area contributed by atoms with Gasteiger partial charge in [-0.15, -0.1) is 0 Å². The van der Waals surface area contributed by atoms with E-state index in [2.05, 4.69) is 41.8 Å². The van der Waals surface area contributed by atoms with Gasteiger partial charge in [-0.3, -0.25) is 0 Å². The Morgan fingerprint density at radius 1 is 1.27 bits per heavy atom. The van der Waals surface area contributed by atoms with Gasteiger partial charge in [-0.1, -0.05) is 25.5 Å². The van der Waals surface area contributed by atoms with E-state index in [0.717, 1.165) is 13.1 Å². The minimum Gasteiger partial charge on any atom is -0.380 e. The first-order valence-corrected chi connectivity index (χ1v) is 5.94. The molecular weight excluding hydrogens is 184 g/mol. The Labute approximate surface area is 92.1 Å². The number of rotatable bonds is 5. The lowest BCUT2D eigenvalue weighted by molar-refractivity contribution is 0.472. The molecule has 0 aliphatic carbocycles. The zero-order valence-electron chi connectivity index (χ0n) is 9.42. The van der Waals surface area contributed by atoms with E-state index in [1.165, 1.54) is 30.5 Å². The van der Waals surface area contributed by atoms with Crippen LogP contribution in [0, 0.1) is 0 Å². The summed E-state index contributed by atoms with van der Waals surface area (Å²) in [4.78, 5) is 0. The van der Waals surface area contributed by atoms with Crippen LogP contribution in [-0.4, -0.2) is 19.1 Å². The number of nitrogens with one attached hydrogen (secondary N) is 2. The molecule has 1 aliphatic heterocycles. The number of hydrogen-bond acceptors (Lipinski definition) is 2. The molecule has 1 fully saturated rings. The highest BCUT2D eigenvalue weighted by Gasteiger charge is 2.15. The Kier molecular flexibility index (Phi) is 3.62. The first kappa shape index (κ1) is 10.5. The van der Waals surface area contributed by atoms with Crippen molar-refractivity contribution >= 4 is 5.69 Å². The molecule has 2 rings (SSSR count). The summed E-state index contributed by atoms with van der Waals surface area (Å²) in [7, 11) is 0. The van der Waals surface area contributed by atoms with E-state index >= 15 is 0 Å². The molecule has 0 aromatic heterocycles. The molecule has 1 aliphatic rings. The molecule has 0 radical (unpaired) electrons. The summed E-state index contributed by atoms with van der Waals surface area (Å²) >= 11 is 0. The van der Waals surface area contributed by atoms with Crippen LogP contribution in [0.5, 0.6) is 0 Å². The van der Waals surface area contributed by atoms with Crippen molar-refractivity contribution in [3.05, 3.63) is 29.8 Å². The third-order valence-electron chi connectivity index (χ3n) is 2.93. The normalized spacial score (nSPS) is 16.1. The zero-order valence-corrected chi connectivity index (χ0v) is 9.42. The minimum absolute atomic E-state index is 0.631. The molecule has 2 heteroatoms. The summed E-state index contributed by atoms with van der Waals surface area (Å²) in [6, 6.07) is 9.51. The molecule has 15 heavy (non-hydrogen) atoms. The summed E-state index contributed by atoms with van der Waals surface area (Å²) < 4.78 is 0. The van der Waals surface area contributed by atoms with Crippen LogP contribution in [-0.2, 0) is 6.42 Å². The van der Waals surface area contributed by atoms with Gasteiger partial charge < -0.3 is 10.6 Å². The highest BCUT2D eigenvalue weighted by Crippen LogP contribution is 2.13. The van der Waals surface area contributed by atoms with E-state index in [0.29, 0.717) is 6.04 Å². The van der Waals surface area contributed by atoms with Gasteiger partial charge in [0.15, 0.2) is 0 Å². The fraction of sp³-hybridized carbons (Fsp3) is 0.538. The van der Waals surface area contributed by atoms with Gasteiger partial charge in [0.2, 0.25) is 0 Å². The summed E-state index contributed by atoms with van der Waals surface area (Å²) in [6.45, 7) is 4.43. The number of benzene rings is 1. The van der Waals surface area contributed by atoms with E-state index < -0.39 is 0 Å². The Hall–Kier alpha value is -1.02. The monoisotopic (exact) mass is 204 g/mol. The fourth-order valence-corrected chi connectivity index (χ4v) is 1.77. The second kappa shape index (κ2) is 5.17. The van der Waals surface area contributed by atoms with Gasteiger partial charge in [0.05, 0.1) is 6.04 Å². The maximum Gasteiger partial charge on any atom is 0.0510 e. The van der Waals surface area contributed by atoms with Gasteiger partial charge in [-0.05, 0) is 30.5 Å². The maximum absolute atomic E-state index is 3.50. The molecule has 82 valence electrons. The largest absolute Gasteiger partial charge is 0.380 e. The quantitative estimate of drug-likeness (QED) is 0.769. The predicted molar refractivity (Wildman–Crippen MR) is 65.3 cm³/mol. The van der Waals surface area contributed by atoms with Gasteiger partial charge in [0.1, 0.15) is 0 Å². The second-order valence-corrected chi connectivity index (χ2v) is 4.30. The number of aryl methyl sites for hydroxylation is 1. The van der Waals surface area contributed by atoms with E-state index in [-0.39, 0.29) is 0 Å². The molecule has 1 saturated heterocycles. The standard InChI is InChI=1S/C13H20N2/c1-2-3-4-11-5-7-12(8-6-11)15-13-9-14-10-13/h5-8,13-15H,2-4,9-10H2,1H3. The molecule has 2 nitrogen and oxygen atoms in total. The van der Waals surface area contributed by atoms with E-state index in [9.17, 15) is 0 Å². The van der Waals surface area contributed by atoms with E-state index in [1.54, 1.807) is 0 Å². The van der Waals surface area contributed by atoms with Crippen LogP contribution >= 0.6 is 0 Å². The molecule has 0 spiro atoms. The molecule has 1 heterocycles. The molecule has 0 unspecified atom stereocenters. The zero-order chi connectivity index (χ0) is 10.5. The Balaban J connectivity index is 1.85. The van der Waals surface area contributed by atoms with Crippen molar-refractivity contribution in [2.75, 3.05) is 18.4 Å². The Morgan fingerprint density at radius 3 is 2.53 bits per heavy atom. The first-order valence-electron chi connectivity index (χ1n) is 5.94. The van der Waals surface area contributed by atoms with Crippen molar-refractivity contribution in [3.8, 4) is 0 Å². The van der Waals surface area contributed by atoms with Crippen LogP contribution in [0.1, 0.15) is 25.3 Å². The van der Waals surface area contributed by atoms with Crippen molar-refractivity contribution in [1.82, 2.24) is 5.32 Å². The Morgan fingerprint density at radius 2 is 2.00 bits per heavy atom. The van der Waals surface area contributed by atoms with Crippen molar-refractivity contribution in [3.63, 3.8) is 0 Å². The molecule has 1 aromatic rings. The van der Waals surface area contributed by atoms with E-state index in [4.69, 9.17) is 0 Å². The Bertz CT molecular complexity index is 288. The average molecular weight is 204 g/mol. The summed E-state index contributed by atoms with van der Waals surface area (Å²) in [5, 5.41) is 6.76. The first-order chi connectivity index (χ1) is 7.38. The molecule has 0 saturated carbocycles. The highest BCUT2D eigenvalue weighted by atomic mass is 15.1. The van der Waals surface area contributed by atoms with Gasteiger partial charge in [0, 0.05) is 18.8 Å². The molecule has 0 amide bonds.